The average Bonchev–Trinajstić information content (AvgIpc) is 3.74. The van der Waals surface area contributed by atoms with Gasteiger partial charge in [-0.05, 0) is 81.4 Å². The molecule has 7 rings (SSSR count). The summed E-state index contributed by atoms with van der Waals surface area (Å²) in [5.41, 5.74) is -1.93. The van der Waals surface area contributed by atoms with Gasteiger partial charge in [-0.25, -0.2) is 28.2 Å². The quantitative estimate of drug-likeness (QED) is 0.148. The first-order chi connectivity index (χ1) is 29.1. The lowest BCUT2D eigenvalue weighted by Crippen LogP contribution is -2.24. The molecule has 272 valence electrons. The minimum Gasteiger partial charge on any atom is -0.239 e. The second-order valence-electron chi connectivity index (χ2n) is 13.2. The standard InChI is InChI=1S/C48H16F2N10/c1-57-33-16-31(17-34(18-33)58-2)35(23-55)40-42-37(29-9-5-25(19-51)6-10-29)39-36(24-56)45(49)44(47(59-3)32-14-27(21-53)13-28(15-32)22-54)41(39)38(43(42)48(60-4)46(40)50)30-11-7-26(20-52)8-12-30/h5-18,42-43H/b40-35-,47-44+. The van der Waals surface area contributed by atoms with Gasteiger partial charge in [-0.1, -0.05) is 42.5 Å². The molecule has 2 unspecified atom stereocenters. The maximum absolute atomic E-state index is 17.6. The van der Waals surface area contributed by atoms with E-state index in [9.17, 15) is 31.6 Å². The number of halogens is 2. The van der Waals surface area contributed by atoms with Gasteiger partial charge in [-0.15, -0.1) is 0 Å². The average molecular weight is 771 g/mol. The highest BCUT2D eigenvalue weighted by Crippen LogP contribution is 2.65. The minimum atomic E-state index is -1.39. The molecule has 0 radical (unpaired) electrons. The van der Waals surface area contributed by atoms with Gasteiger partial charge in [-0.3, -0.25) is 0 Å². The third-order valence-electron chi connectivity index (χ3n) is 10.3. The topological polar surface area (TPSA) is 160 Å². The Labute approximate surface area is 341 Å². The van der Waals surface area contributed by atoms with Crippen molar-refractivity contribution in [2.45, 2.75) is 0 Å². The molecule has 0 aliphatic heterocycles. The summed E-state index contributed by atoms with van der Waals surface area (Å²) in [5.74, 6) is -5.06. The maximum atomic E-state index is 17.6. The molecule has 0 saturated carbocycles. The summed E-state index contributed by atoms with van der Waals surface area (Å²) in [4.78, 5) is 14.2. The molecule has 0 amide bonds. The van der Waals surface area contributed by atoms with E-state index in [1.54, 1.807) is 0 Å². The van der Waals surface area contributed by atoms with E-state index >= 15 is 8.78 Å². The Bertz CT molecular complexity index is 3260. The molecule has 0 bridgehead atoms. The van der Waals surface area contributed by atoms with Crippen LogP contribution in [-0.2, 0) is 0 Å². The van der Waals surface area contributed by atoms with E-state index in [4.69, 9.17) is 26.3 Å². The Morgan fingerprint density at radius 3 is 1.48 bits per heavy atom. The number of hydrogen-bond acceptors (Lipinski definition) is 6. The van der Waals surface area contributed by atoms with Gasteiger partial charge in [0.15, 0.2) is 11.4 Å². The molecule has 0 saturated heterocycles. The summed E-state index contributed by atoms with van der Waals surface area (Å²) in [6.45, 7) is 32.0. The Balaban J connectivity index is 1.76. The summed E-state index contributed by atoms with van der Waals surface area (Å²) in [6.07, 6.45) is 0. The van der Waals surface area contributed by atoms with Crippen LogP contribution in [0.25, 0.3) is 41.8 Å². The molecule has 2 atom stereocenters. The number of nitrogens with zero attached hydrogens (tertiary/aromatic N) is 10. The number of nitriles is 6. The summed E-state index contributed by atoms with van der Waals surface area (Å²) in [6, 6.07) is 31.4. The fourth-order valence-electron chi connectivity index (χ4n) is 7.91. The van der Waals surface area contributed by atoms with Gasteiger partial charge >= 0.3 is 0 Å². The predicted octanol–water partition coefficient (Wildman–Crippen LogP) is 10.9. The molecule has 0 aromatic heterocycles. The molecule has 3 aliphatic carbocycles. The third-order valence-corrected chi connectivity index (χ3v) is 10.3. The molecule has 0 N–H and O–H groups in total. The van der Waals surface area contributed by atoms with Crippen molar-refractivity contribution in [1.82, 2.24) is 0 Å². The molecule has 10 nitrogen and oxygen atoms in total. The van der Waals surface area contributed by atoms with E-state index in [1.165, 1.54) is 84.9 Å². The summed E-state index contributed by atoms with van der Waals surface area (Å²) < 4.78 is 35.1. The number of hydrogen-bond donors (Lipinski definition) is 0. The molecule has 12 heteroatoms. The minimum absolute atomic E-state index is 0.0128. The summed E-state index contributed by atoms with van der Waals surface area (Å²) in [7, 11) is 0. The molecular formula is C48H16F2N10. The van der Waals surface area contributed by atoms with E-state index in [-0.39, 0.29) is 89.3 Å². The SMILES string of the molecule is [C-]#[N+]C1=C(F)/C(=C(/C#N)c2cc([N+]#[C-])cc([N+]#[C-])c2)C2C(c3ccc(C#N)cc3)=C3C(C#N)=C(F)/C(=C(/[N+]#[C-])c4cc(C#N)cc(C#N)c4)C3=C(c3ccc(C#N)cc3)C12. The van der Waals surface area contributed by atoms with E-state index in [0.29, 0.717) is 0 Å². The van der Waals surface area contributed by atoms with Gasteiger partial charge in [0.05, 0.1) is 84.0 Å². The van der Waals surface area contributed by atoms with E-state index in [0.717, 1.165) is 0 Å². The van der Waals surface area contributed by atoms with Gasteiger partial charge in [0, 0.05) is 28.6 Å². The van der Waals surface area contributed by atoms with Crippen LogP contribution in [0.15, 0.2) is 130 Å². The molecule has 4 aromatic rings. The van der Waals surface area contributed by atoms with Crippen LogP contribution >= 0.6 is 0 Å². The van der Waals surface area contributed by atoms with Gasteiger partial charge in [-0.2, -0.15) is 31.6 Å². The van der Waals surface area contributed by atoms with E-state index in [1.807, 2.05) is 36.4 Å². The zero-order valence-corrected chi connectivity index (χ0v) is 30.5. The Kier molecular flexibility index (Phi) is 9.79. The second kappa shape index (κ2) is 15.3. The van der Waals surface area contributed by atoms with Crippen molar-refractivity contribution in [3.63, 3.8) is 0 Å². The normalized spacial score (nSPS) is 17.8. The highest BCUT2D eigenvalue weighted by atomic mass is 19.1. The van der Waals surface area contributed by atoms with Crippen molar-refractivity contribution < 1.29 is 8.78 Å². The lowest BCUT2D eigenvalue weighted by Gasteiger charge is -2.36. The first kappa shape index (κ1) is 38.4. The summed E-state index contributed by atoms with van der Waals surface area (Å²) in [5, 5.41) is 60.7. The van der Waals surface area contributed by atoms with Crippen LogP contribution in [-0.4, -0.2) is 0 Å². The lowest BCUT2D eigenvalue weighted by atomic mass is 9.66. The molecule has 3 aliphatic rings. The van der Waals surface area contributed by atoms with Crippen LogP contribution in [0, 0.1) is 106 Å². The molecular weight excluding hydrogens is 755 g/mol. The predicted molar refractivity (Wildman–Crippen MR) is 213 cm³/mol. The van der Waals surface area contributed by atoms with Crippen molar-refractivity contribution in [2.75, 3.05) is 0 Å². The smallest absolute Gasteiger partial charge is 0.208 e. The first-order valence-corrected chi connectivity index (χ1v) is 17.4. The largest absolute Gasteiger partial charge is 0.239 e. The van der Waals surface area contributed by atoms with Crippen LogP contribution in [0.5, 0.6) is 0 Å². The summed E-state index contributed by atoms with van der Waals surface area (Å²) >= 11 is 0. The third kappa shape index (κ3) is 5.93. The fraction of sp³-hybridized carbons (Fsp3) is 0.0417. The Morgan fingerprint density at radius 2 is 1.05 bits per heavy atom. The monoisotopic (exact) mass is 770 g/mol. The number of rotatable bonds is 4. The number of allylic oxidation sites excluding steroid dienone is 10. The van der Waals surface area contributed by atoms with Crippen molar-refractivity contribution in [3.05, 3.63) is 220 Å². The molecule has 0 heterocycles. The van der Waals surface area contributed by atoms with Crippen LogP contribution in [0.3, 0.4) is 0 Å². The van der Waals surface area contributed by atoms with Crippen LogP contribution in [0.4, 0.5) is 20.2 Å². The number of benzene rings is 4. The van der Waals surface area contributed by atoms with Crippen LogP contribution < -0.4 is 0 Å². The van der Waals surface area contributed by atoms with E-state index in [2.05, 4.69) is 19.4 Å². The Hall–Kier alpha value is -9.92. The second-order valence-corrected chi connectivity index (χ2v) is 13.2. The van der Waals surface area contributed by atoms with Gasteiger partial charge < -0.3 is 0 Å². The van der Waals surface area contributed by atoms with Crippen molar-refractivity contribution >= 4 is 33.8 Å². The highest BCUT2D eigenvalue weighted by Gasteiger charge is 2.53. The van der Waals surface area contributed by atoms with E-state index < -0.39 is 46.0 Å². The highest BCUT2D eigenvalue weighted by molar-refractivity contribution is 6.05. The zero-order valence-electron chi connectivity index (χ0n) is 30.5. The first-order valence-electron chi connectivity index (χ1n) is 17.4. The van der Waals surface area contributed by atoms with Gasteiger partial charge in [0.2, 0.25) is 11.4 Å². The fourth-order valence-corrected chi connectivity index (χ4v) is 7.91. The van der Waals surface area contributed by atoms with Crippen LogP contribution in [0.2, 0.25) is 0 Å². The number of fused-ring (bicyclic) bond motifs is 2. The molecule has 0 spiro atoms. The van der Waals surface area contributed by atoms with Gasteiger partial charge in [0.25, 0.3) is 0 Å². The molecule has 4 aromatic carbocycles. The van der Waals surface area contributed by atoms with Crippen molar-refractivity contribution in [1.29, 1.82) is 31.6 Å². The molecule has 0 fully saturated rings. The molecule has 60 heavy (non-hydrogen) atoms. The lowest BCUT2D eigenvalue weighted by molar-refractivity contribution is 0.642. The van der Waals surface area contributed by atoms with Crippen molar-refractivity contribution in [2.24, 2.45) is 11.8 Å². The van der Waals surface area contributed by atoms with Gasteiger partial charge in [0.1, 0.15) is 23.8 Å². The van der Waals surface area contributed by atoms with Crippen LogP contribution in [0.1, 0.15) is 44.5 Å². The zero-order chi connectivity index (χ0) is 42.8. The Morgan fingerprint density at radius 1 is 0.533 bits per heavy atom. The van der Waals surface area contributed by atoms with Crippen molar-refractivity contribution in [3.8, 4) is 36.4 Å². The maximum Gasteiger partial charge on any atom is 0.208 e.